The highest BCUT2D eigenvalue weighted by Crippen LogP contribution is 2.26. The number of anilines is 2. The van der Waals surface area contributed by atoms with E-state index in [2.05, 4.69) is 4.72 Å². The molecular formula is C16H16ClFN2O3S. The van der Waals surface area contributed by atoms with Gasteiger partial charge in [-0.15, -0.1) is 0 Å². The van der Waals surface area contributed by atoms with Gasteiger partial charge >= 0.3 is 0 Å². The molecule has 1 N–H and O–H groups in total. The third-order valence-electron chi connectivity index (χ3n) is 3.68. The van der Waals surface area contributed by atoms with Crippen LogP contribution < -0.4 is 9.62 Å². The van der Waals surface area contributed by atoms with Gasteiger partial charge in [0.15, 0.2) is 0 Å². The lowest BCUT2D eigenvalue weighted by Crippen LogP contribution is -2.36. The average Bonchev–Trinajstić information content (AvgIpc) is 2.57. The van der Waals surface area contributed by atoms with Crippen LogP contribution in [0.2, 0.25) is 5.02 Å². The smallest absolute Gasteiger partial charge is 0.262 e. The number of halogens is 2. The van der Waals surface area contributed by atoms with E-state index < -0.39 is 15.8 Å². The molecule has 1 aliphatic heterocycles. The highest BCUT2D eigenvalue weighted by atomic mass is 35.5. The van der Waals surface area contributed by atoms with Gasteiger partial charge < -0.3 is 9.64 Å². The van der Waals surface area contributed by atoms with E-state index in [0.717, 1.165) is 5.69 Å². The number of morpholine rings is 1. The molecule has 0 spiro atoms. The molecule has 1 heterocycles. The van der Waals surface area contributed by atoms with Crippen LogP contribution in [0.3, 0.4) is 0 Å². The molecule has 0 saturated carbocycles. The molecule has 0 radical (unpaired) electrons. The normalized spacial score (nSPS) is 15.3. The molecule has 3 rings (SSSR count). The summed E-state index contributed by atoms with van der Waals surface area (Å²) >= 11 is 5.83. The Kier molecular flexibility index (Phi) is 4.93. The van der Waals surface area contributed by atoms with Gasteiger partial charge in [-0.3, -0.25) is 4.72 Å². The Morgan fingerprint density at radius 1 is 1.12 bits per heavy atom. The molecule has 24 heavy (non-hydrogen) atoms. The molecule has 2 aromatic carbocycles. The molecular weight excluding hydrogens is 355 g/mol. The van der Waals surface area contributed by atoms with Gasteiger partial charge in [-0.05, 0) is 36.4 Å². The third-order valence-corrected chi connectivity index (χ3v) is 5.28. The van der Waals surface area contributed by atoms with Crippen LogP contribution in [0.1, 0.15) is 0 Å². The van der Waals surface area contributed by atoms with Gasteiger partial charge in [0.05, 0.1) is 23.8 Å². The largest absolute Gasteiger partial charge is 0.378 e. The molecule has 2 aromatic rings. The first-order chi connectivity index (χ1) is 11.5. The first kappa shape index (κ1) is 17.0. The van der Waals surface area contributed by atoms with Crippen molar-refractivity contribution in [1.29, 1.82) is 0 Å². The molecule has 128 valence electrons. The minimum absolute atomic E-state index is 0.0221. The molecule has 0 unspecified atom stereocenters. The lowest BCUT2D eigenvalue weighted by atomic mass is 10.2. The van der Waals surface area contributed by atoms with Crippen LogP contribution in [-0.2, 0) is 14.8 Å². The van der Waals surface area contributed by atoms with Crippen LogP contribution in [0.25, 0.3) is 0 Å². The zero-order valence-electron chi connectivity index (χ0n) is 12.7. The molecule has 0 aliphatic carbocycles. The van der Waals surface area contributed by atoms with Crippen LogP contribution in [0.15, 0.2) is 47.4 Å². The summed E-state index contributed by atoms with van der Waals surface area (Å²) in [4.78, 5) is 1.99. The van der Waals surface area contributed by atoms with Crippen molar-refractivity contribution in [3.63, 3.8) is 0 Å². The summed E-state index contributed by atoms with van der Waals surface area (Å²) in [5, 5.41) is 0.292. The number of sulfonamides is 1. The van der Waals surface area contributed by atoms with E-state index in [1.165, 1.54) is 30.3 Å². The summed E-state index contributed by atoms with van der Waals surface area (Å²) in [6, 6.07) is 10.2. The van der Waals surface area contributed by atoms with Crippen molar-refractivity contribution in [2.75, 3.05) is 35.9 Å². The average molecular weight is 371 g/mol. The standard InChI is InChI=1S/C16H16ClFN2O3S/c17-12-2-1-3-14(10-12)24(21,22)19-16-11-13(4-5-15(16)18)20-6-8-23-9-7-20/h1-5,10-11,19H,6-9H2. The molecule has 5 nitrogen and oxygen atoms in total. The second-order valence-corrected chi connectivity index (χ2v) is 7.45. The summed E-state index contributed by atoms with van der Waals surface area (Å²) in [7, 11) is -3.92. The number of nitrogens with zero attached hydrogens (tertiary/aromatic N) is 1. The zero-order valence-corrected chi connectivity index (χ0v) is 14.3. The minimum atomic E-state index is -3.92. The summed E-state index contributed by atoms with van der Waals surface area (Å²) in [6.07, 6.45) is 0. The summed E-state index contributed by atoms with van der Waals surface area (Å²) in [5.41, 5.74) is 0.641. The Morgan fingerprint density at radius 3 is 2.58 bits per heavy atom. The molecule has 8 heteroatoms. The quantitative estimate of drug-likeness (QED) is 0.898. The molecule has 0 atom stereocenters. The van der Waals surface area contributed by atoms with Crippen molar-refractivity contribution in [2.45, 2.75) is 4.90 Å². The van der Waals surface area contributed by atoms with Crippen molar-refractivity contribution in [1.82, 2.24) is 0 Å². The molecule has 1 fully saturated rings. The van der Waals surface area contributed by atoms with Crippen molar-refractivity contribution in [2.24, 2.45) is 0 Å². The Morgan fingerprint density at radius 2 is 1.88 bits per heavy atom. The van der Waals surface area contributed by atoms with Crippen molar-refractivity contribution >= 4 is 33.0 Å². The van der Waals surface area contributed by atoms with Gasteiger partial charge in [0, 0.05) is 23.8 Å². The van der Waals surface area contributed by atoms with Gasteiger partial charge in [0.25, 0.3) is 10.0 Å². The maximum Gasteiger partial charge on any atom is 0.262 e. The lowest BCUT2D eigenvalue weighted by molar-refractivity contribution is 0.122. The highest BCUT2D eigenvalue weighted by Gasteiger charge is 2.19. The first-order valence-corrected chi connectivity index (χ1v) is 9.22. The summed E-state index contributed by atoms with van der Waals surface area (Å²) in [6.45, 7) is 2.51. The Labute approximate surface area is 145 Å². The monoisotopic (exact) mass is 370 g/mol. The number of ether oxygens (including phenoxy) is 1. The van der Waals surface area contributed by atoms with Crippen molar-refractivity contribution < 1.29 is 17.5 Å². The number of hydrogen-bond donors (Lipinski definition) is 1. The van der Waals surface area contributed by atoms with Crippen LogP contribution in [0.4, 0.5) is 15.8 Å². The van der Waals surface area contributed by atoms with Crippen LogP contribution in [0, 0.1) is 5.82 Å². The topological polar surface area (TPSA) is 58.6 Å². The van der Waals surface area contributed by atoms with E-state index in [9.17, 15) is 12.8 Å². The van der Waals surface area contributed by atoms with Crippen molar-refractivity contribution in [3.05, 3.63) is 53.3 Å². The van der Waals surface area contributed by atoms with Crippen LogP contribution in [-0.4, -0.2) is 34.7 Å². The number of benzene rings is 2. The predicted octanol–water partition coefficient (Wildman–Crippen LogP) is 3.12. The molecule has 0 amide bonds. The highest BCUT2D eigenvalue weighted by molar-refractivity contribution is 7.92. The van der Waals surface area contributed by atoms with Gasteiger partial charge in [-0.2, -0.15) is 0 Å². The molecule has 0 aromatic heterocycles. The molecule has 1 aliphatic rings. The number of nitrogens with one attached hydrogen (secondary N) is 1. The lowest BCUT2D eigenvalue weighted by Gasteiger charge is -2.29. The van der Waals surface area contributed by atoms with Crippen molar-refractivity contribution in [3.8, 4) is 0 Å². The van der Waals surface area contributed by atoms with Gasteiger partial charge in [-0.25, -0.2) is 12.8 Å². The second kappa shape index (κ2) is 6.96. The summed E-state index contributed by atoms with van der Waals surface area (Å²) in [5.74, 6) is -0.641. The van der Waals surface area contributed by atoms with E-state index >= 15 is 0 Å². The van der Waals surface area contributed by atoms with Gasteiger partial charge in [0.2, 0.25) is 0 Å². The Bertz CT molecular complexity index is 839. The summed E-state index contributed by atoms with van der Waals surface area (Å²) < 4.78 is 46.5. The number of rotatable bonds is 4. The maximum atomic E-state index is 14.1. The Hall–Kier alpha value is -1.83. The van der Waals surface area contributed by atoms with Crippen LogP contribution in [0.5, 0.6) is 0 Å². The first-order valence-electron chi connectivity index (χ1n) is 7.36. The van der Waals surface area contributed by atoms with Crippen LogP contribution >= 0.6 is 11.6 Å². The third kappa shape index (κ3) is 3.80. The van der Waals surface area contributed by atoms with E-state index in [0.29, 0.717) is 31.3 Å². The van der Waals surface area contributed by atoms with E-state index in [1.54, 1.807) is 12.1 Å². The minimum Gasteiger partial charge on any atom is -0.378 e. The van der Waals surface area contributed by atoms with E-state index in [1.807, 2.05) is 4.90 Å². The van der Waals surface area contributed by atoms with E-state index in [4.69, 9.17) is 16.3 Å². The Balaban J connectivity index is 1.88. The fraction of sp³-hybridized carbons (Fsp3) is 0.250. The SMILES string of the molecule is O=S(=O)(Nc1cc(N2CCOCC2)ccc1F)c1cccc(Cl)c1. The zero-order chi connectivity index (χ0) is 17.2. The number of hydrogen-bond acceptors (Lipinski definition) is 4. The fourth-order valence-electron chi connectivity index (χ4n) is 2.45. The molecule has 0 bridgehead atoms. The predicted molar refractivity (Wildman–Crippen MR) is 91.7 cm³/mol. The van der Waals surface area contributed by atoms with Gasteiger partial charge in [-0.1, -0.05) is 17.7 Å². The maximum absolute atomic E-state index is 14.1. The second-order valence-electron chi connectivity index (χ2n) is 5.33. The fourth-order valence-corrected chi connectivity index (χ4v) is 3.81. The van der Waals surface area contributed by atoms with Gasteiger partial charge in [0.1, 0.15) is 5.82 Å². The molecule has 1 saturated heterocycles. The van der Waals surface area contributed by atoms with E-state index in [-0.39, 0.29) is 10.6 Å².